The monoisotopic (exact) mass is 396 g/mol. The van der Waals surface area contributed by atoms with E-state index in [4.69, 9.17) is 22.1 Å². The zero-order valence-corrected chi connectivity index (χ0v) is 15.5. The van der Waals surface area contributed by atoms with Gasteiger partial charge in [0.1, 0.15) is 17.9 Å². The number of nitrogens with zero attached hydrogens (tertiary/aromatic N) is 2. The fourth-order valence-electron chi connectivity index (χ4n) is 3.25. The number of fused-ring (bicyclic) bond motifs is 1. The van der Waals surface area contributed by atoms with Gasteiger partial charge >= 0.3 is 0 Å². The molecule has 142 valence electrons. The van der Waals surface area contributed by atoms with E-state index in [-0.39, 0.29) is 18.4 Å². The van der Waals surface area contributed by atoms with E-state index < -0.39 is 5.91 Å². The molecule has 0 fully saturated rings. The van der Waals surface area contributed by atoms with Gasteiger partial charge in [0.15, 0.2) is 6.61 Å². The summed E-state index contributed by atoms with van der Waals surface area (Å²) < 4.78 is 7.10. The molecule has 4 rings (SSSR count). The lowest BCUT2D eigenvalue weighted by atomic mass is 9.90. The van der Waals surface area contributed by atoms with Crippen LogP contribution in [0.3, 0.4) is 0 Å². The predicted molar refractivity (Wildman–Crippen MR) is 105 cm³/mol. The molecule has 0 radical (unpaired) electrons. The van der Waals surface area contributed by atoms with Crippen LogP contribution in [-0.2, 0) is 9.59 Å². The third kappa shape index (κ3) is 3.57. The summed E-state index contributed by atoms with van der Waals surface area (Å²) in [5.74, 6) is 0.360. The summed E-state index contributed by atoms with van der Waals surface area (Å²) in [4.78, 5) is 27.7. The van der Waals surface area contributed by atoms with Crippen molar-refractivity contribution in [3.8, 4) is 11.4 Å². The summed E-state index contributed by atoms with van der Waals surface area (Å²) >= 11 is 6.10. The van der Waals surface area contributed by atoms with Gasteiger partial charge in [0.05, 0.1) is 5.69 Å². The minimum absolute atomic E-state index is 0.0877. The number of nitrogens with two attached hydrogens (primary N) is 1. The first kappa shape index (κ1) is 18.1. The highest BCUT2D eigenvalue weighted by atomic mass is 35.5. The zero-order chi connectivity index (χ0) is 19.7. The number of carbonyl (C=O) groups is 2. The Kier molecular flexibility index (Phi) is 4.75. The Bertz CT molecular complexity index is 1050. The molecule has 1 aliphatic heterocycles. The van der Waals surface area contributed by atoms with Gasteiger partial charge in [-0.3, -0.25) is 14.2 Å². The molecule has 2 aromatic carbocycles. The Labute approximate surface area is 166 Å². The lowest BCUT2D eigenvalue weighted by Gasteiger charge is -2.23. The van der Waals surface area contributed by atoms with Crippen LogP contribution >= 0.6 is 11.6 Å². The van der Waals surface area contributed by atoms with Gasteiger partial charge in [0, 0.05) is 23.0 Å². The van der Waals surface area contributed by atoms with Crippen molar-refractivity contribution in [2.24, 2.45) is 5.73 Å². The van der Waals surface area contributed by atoms with Crippen molar-refractivity contribution < 1.29 is 14.3 Å². The quantitative estimate of drug-likeness (QED) is 0.692. The van der Waals surface area contributed by atoms with Crippen LogP contribution in [0.2, 0.25) is 5.02 Å². The predicted octanol–water partition coefficient (Wildman–Crippen LogP) is 2.86. The first-order valence-electron chi connectivity index (χ1n) is 8.65. The standard InChI is InChI=1S/C20H17ClN4O3/c21-13-2-1-3-14(8-13)25-11-23-19-16(9-18(27)24-20(19)25)12-4-6-15(7-5-12)28-10-17(22)26/h1-8,11,16H,9-10H2,(H2,22,26)(H,24,27). The first-order chi connectivity index (χ1) is 13.5. The van der Waals surface area contributed by atoms with Crippen LogP contribution in [0.25, 0.3) is 5.69 Å². The number of ether oxygens (including phenoxy) is 1. The molecule has 0 saturated heterocycles. The summed E-state index contributed by atoms with van der Waals surface area (Å²) in [5.41, 5.74) is 7.62. The molecule has 8 heteroatoms. The molecule has 0 bridgehead atoms. The Hall–Kier alpha value is -3.32. The number of primary amides is 1. The third-order valence-corrected chi connectivity index (χ3v) is 4.76. The number of anilines is 1. The fraction of sp³-hybridized carbons (Fsp3) is 0.150. The molecule has 0 saturated carbocycles. The Morgan fingerprint density at radius 1 is 1.29 bits per heavy atom. The van der Waals surface area contributed by atoms with E-state index in [1.807, 2.05) is 34.9 Å². The van der Waals surface area contributed by atoms with E-state index in [0.717, 1.165) is 16.9 Å². The summed E-state index contributed by atoms with van der Waals surface area (Å²) in [7, 11) is 0. The Balaban J connectivity index is 1.66. The van der Waals surface area contributed by atoms with Crippen LogP contribution in [0.4, 0.5) is 5.82 Å². The van der Waals surface area contributed by atoms with Crippen LogP contribution in [0.1, 0.15) is 23.6 Å². The van der Waals surface area contributed by atoms with Crippen molar-refractivity contribution in [2.45, 2.75) is 12.3 Å². The number of benzene rings is 2. The van der Waals surface area contributed by atoms with Crippen molar-refractivity contribution >= 4 is 29.2 Å². The summed E-state index contributed by atoms with van der Waals surface area (Å²) in [6, 6.07) is 14.6. The smallest absolute Gasteiger partial charge is 0.255 e. The normalized spacial score (nSPS) is 15.6. The van der Waals surface area contributed by atoms with E-state index in [1.165, 1.54) is 0 Å². The number of aromatic nitrogens is 2. The second-order valence-electron chi connectivity index (χ2n) is 6.46. The van der Waals surface area contributed by atoms with Crippen LogP contribution in [-0.4, -0.2) is 28.0 Å². The van der Waals surface area contributed by atoms with Gasteiger partial charge < -0.3 is 15.8 Å². The van der Waals surface area contributed by atoms with Gasteiger partial charge in [0.25, 0.3) is 5.91 Å². The average molecular weight is 397 g/mol. The zero-order valence-electron chi connectivity index (χ0n) is 14.8. The minimum Gasteiger partial charge on any atom is -0.484 e. The second-order valence-corrected chi connectivity index (χ2v) is 6.89. The van der Waals surface area contributed by atoms with E-state index in [0.29, 0.717) is 23.0 Å². The van der Waals surface area contributed by atoms with E-state index in [1.54, 1.807) is 24.5 Å². The SMILES string of the molecule is NC(=O)COc1ccc(C2CC(=O)Nc3c2ncn3-c2cccc(Cl)c2)cc1. The number of halogens is 1. The highest BCUT2D eigenvalue weighted by Crippen LogP contribution is 2.37. The highest BCUT2D eigenvalue weighted by Gasteiger charge is 2.31. The van der Waals surface area contributed by atoms with Crippen molar-refractivity contribution in [3.63, 3.8) is 0 Å². The summed E-state index contributed by atoms with van der Waals surface area (Å²) in [6.45, 7) is -0.181. The molecule has 1 atom stereocenters. The molecule has 1 unspecified atom stereocenters. The largest absolute Gasteiger partial charge is 0.484 e. The van der Waals surface area contributed by atoms with E-state index in [9.17, 15) is 9.59 Å². The molecule has 0 aliphatic carbocycles. The lowest BCUT2D eigenvalue weighted by Crippen LogP contribution is -2.25. The number of amides is 2. The van der Waals surface area contributed by atoms with Gasteiger partial charge in [0.2, 0.25) is 5.91 Å². The topological polar surface area (TPSA) is 99.2 Å². The second kappa shape index (κ2) is 7.36. The molecule has 2 amide bonds. The van der Waals surface area contributed by atoms with Crippen LogP contribution in [0, 0.1) is 0 Å². The number of rotatable bonds is 5. The van der Waals surface area contributed by atoms with Crippen molar-refractivity contribution in [3.05, 3.63) is 71.1 Å². The van der Waals surface area contributed by atoms with Crippen molar-refractivity contribution in [2.75, 3.05) is 11.9 Å². The molecule has 3 aromatic rings. The number of carbonyl (C=O) groups excluding carboxylic acids is 2. The molecule has 28 heavy (non-hydrogen) atoms. The molecular weight excluding hydrogens is 380 g/mol. The first-order valence-corrected chi connectivity index (χ1v) is 9.03. The molecule has 7 nitrogen and oxygen atoms in total. The number of hydrogen-bond acceptors (Lipinski definition) is 4. The third-order valence-electron chi connectivity index (χ3n) is 4.52. The Morgan fingerprint density at radius 3 is 2.79 bits per heavy atom. The van der Waals surface area contributed by atoms with Gasteiger partial charge in [-0.25, -0.2) is 4.98 Å². The molecule has 1 aliphatic rings. The maximum Gasteiger partial charge on any atom is 0.255 e. The number of hydrogen-bond donors (Lipinski definition) is 2. The number of nitrogens with one attached hydrogen (secondary N) is 1. The van der Waals surface area contributed by atoms with Crippen LogP contribution in [0.5, 0.6) is 5.75 Å². The molecule has 1 aromatic heterocycles. The highest BCUT2D eigenvalue weighted by molar-refractivity contribution is 6.30. The van der Waals surface area contributed by atoms with Gasteiger partial charge in [-0.15, -0.1) is 0 Å². The summed E-state index contributed by atoms with van der Waals surface area (Å²) in [6.07, 6.45) is 1.97. The van der Waals surface area contributed by atoms with Gasteiger partial charge in [-0.1, -0.05) is 29.8 Å². The average Bonchev–Trinajstić information content (AvgIpc) is 3.10. The van der Waals surface area contributed by atoms with Crippen LogP contribution < -0.4 is 15.8 Å². The fourth-order valence-corrected chi connectivity index (χ4v) is 3.44. The van der Waals surface area contributed by atoms with Gasteiger partial charge in [-0.05, 0) is 35.9 Å². The Morgan fingerprint density at radius 2 is 2.07 bits per heavy atom. The van der Waals surface area contributed by atoms with E-state index >= 15 is 0 Å². The van der Waals surface area contributed by atoms with E-state index in [2.05, 4.69) is 10.3 Å². The number of imidazole rings is 1. The van der Waals surface area contributed by atoms with Gasteiger partial charge in [-0.2, -0.15) is 0 Å². The molecule has 0 spiro atoms. The van der Waals surface area contributed by atoms with Crippen molar-refractivity contribution in [1.82, 2.24) is 9.55 Å². The molecule has 3 N–H and O–H groups in total. The van der Waals surface area contributed by atoms with Crippen LogP contribution in [0.15, 0.2) is 54.9 Å². The summed E-state index contributed by atoms with van der Waals surface area (Å²) in [5, 5.41) is 3.51. The lowest BCUT2D eigenvalue weighted by molar-refractivity contribution is -0.120. The maximum atomic E-state index is 12.3. The molecular formula is C20H17ClN4O3. The maximum absolute atomic E-state index is 12.3. The minimum atomic E-state index is -0.538. The molecule has 2 heterocycles. The van der Waals surface area contributed by atoms with Crippen molar-refractivity contribution in [1.29, 1.82) is 0 Å².